The second kappa shape index (κ2) is 12.7. The van der Waals surface area contributed by atoms with Crippen molar-refractivity contribution in [2.75, 3.05) is 26.8 Å². The molecule has 1 aliphatic heterocycles. The number of aromatic nitrogens is 2. The molecule has 0 atom stereocenters. The van der Waals surface area contributed by atoms with Gasteiger partial charge in [0, 0.05) is 42.2 Å². The van der Waals surface area contributed by atoms with Gasteiger partial charge in [-0.3, -0.25) is 10.2 Å². The van der Waals surface area contributed by atoms with Crippen molar-refractivity contribution in [2.24, 2.45) is 11.7 Å². The van der Waals surface area contributed by atoms with Crippen molar-refractivity contribution >= 4 is 30.3 Å². The maximum absolute atomic E-state index is 14.9. The van der Waals surface area contributed by atoms with Gasteiger partial charge in [0.15, 0.2) is 0 Å². The molecular weight excluding hydrogens is 469 g/mol. The topological polar surface area (TPSA) is 141 Å². The highest BCUT2D eigenvalue weighted by atomic mass is 35.5. The van der Waals surface area contributed by atoms with Crippen molar-refractivity contribution in [1.29, 1.82) is 5.41 Å². The molecule has 10 nitrogen and oxygen atoms in total. The minimum atomic E-state index is -0.701. The number of nitrogens with zero attached hydrogens (tertiary/aromatic N) is 3. The summed E-state index contributed by atoms with van der Waals surface area (Å²) >= 11 is 0. The molecule has 1 aliphatic rings. The number of ether oxygens (including phenoxy) is 3. The van der Waals surface area contributed by atoms with E-state index in [1.165, 1.54) is 25.6 Å². The number of carbonyl (C=O) groups excluding carboxylic acids is 2. The number of methoxy groups -OCH3 is 1. The van der Waals surface area contributed by atoms with Crippen LogP contribution in [0.2, 0.25) is 0 Å². The van der Waals surface area contributed by atoms with Gasteiger partial charge in [-0.15, -0.1) is 12.4 Å². The third kappa shape index (κ3) is 7.27. The SMILES string of the molecule is COC(=O)N1CCC(COc2ncc(-c3cccc(COC(=O)CC(=N)N)c3F)cn2)CC1.Cl. The molecule has 2 heterocycles. The van der Waals surface area contributed by atoms with E-state index < -0.39 is 11.8 Å². The van der Waals surface area contributed by atoms with Gasteiger partial charge < -0.3 is 24.8 Å². The van der Waals surface area contributed by atoms with E-state index in [9.17, 15) is 14.0 Å². The summed E-state index contributed by atoms with van der Waals surface area (Å²) in [4.78, 5) is 33.1. The highest BCUT2D eigenvalue weighted by Gasteiger charge is 2.24. The predicted molar refractivity (Wildman–Crippen MR) is 123 cm³/mol. The van der Waals surface area contributed by atoms with Gasteiger partial charge >= 0.3 is 18.1 Å². The van der Waals surface area contributed by atoms with Crippen LogP contribution >= 0.6 is 12.4 Å². The van der Waals surface area contributed by atoms with E-state index in [1.54, 1.807) is 17.0 Å². The van der Waals surface area contributed by atoms with Crippen LogP contribution in [0.5, 0.6) is 6.01 Å². The number of benzene rings is 1. The Morgan fingerprint density at radius 2 is 1.91 bits per heavy atom. The average molecular weight is 496 g/mol. The van der Waals surface area contributed by atoms with Crippen LogP contribution in [0.1, 0.15) is 24.8 Å². The Bertz CT molecular complexity index is 1000. The zero-order valence-corrected chi connectivity index (χ0v) is 19.5. The average Bonchev–Trinajstić information content (AvgIpc) is 2.82. The van der Waals surface area contributed by atoms with Gasteiger partial charge in [0.05, 0.1) is 13.7 Å². The number of amidine groups is 1. The summed E-state index contributed by atoms with van der Waals surface area (Å²) in [6, 6.07) is 4.90. The number of esters is 1. The highest BCUT2D eigenvalue weighted by molar-refractivity contribution is 5.94. The van der Waals surface area contributed by atoms with E-state index >= 15 is 0 Å². The van der Waals surface area contributed by atoms with E-state index in [-0.39, 0.29) is 60.4 Å². The number of rotatable bonds is 8. The molecule has 0 aliphatic carbocycles. The Labute approximate surface area is 202 Å². The van der Waals surface area contributed by atoms with Crippen molar-refractivity contribution in [3.8, 4) is 17.1 Å². The summed E-state index contributed by atoms with van der Waals surface area (Å²) in [5.74, 6) is -1.30. The first-order valence-corrected chi connectivity index (χ1v) is 10.4. The van der Waals surface area contributed by atoms with Crippen LogP contribution in [-0.2, 0) is 20.9 Å². The summed E-state index contributed by atoms with van der Waals surface area (Å²) in [5, 5.41) is 7.09. The van der Waals surface area contributed by atoms with Crippen LogP contribution in [0, 0.1) is 17.1 Å². The van der Waals surface area contributed by atoms with Crippen LogP contribution in [0.15, 0.2) is 30.6 Å². The Balaban J connectivity index is 0.00000408. The second-order valence-electron chi connectivity index (χ2n) is 7.61. The molecule has 34 heavy (non-hydrogen) atoms. The number of nitrogens with two attached hydrogens (primary N) is 1. The standard InChI is InChI=1S/C22H26FN5O5.ClH/c1-31-22(30)28-7-5-14(6-8-28)12-33-21-26-10-16(11-27-21)17-4-2-3-15(20(17)23)13-32-19(29)9-18(24)25;/h2-4,10-11,14H,5-9,12-13H2,1H3,(H3,24,25);1H. The molecule has 0 bridgehead atoms. The number of likely N-dealkylation sites (tertiary alicyclic amines) is 1. The van der Waals surface area contributed by atoms with E-state index in [0.717, 1.165) is 12.8 Å². The smallest absolute Gasteiger partial charge is 0.409 e. The molecule has 1 saturated heterocycles. The molecule has 3 N–H and O–H groups in total. The fraction of sp³-hybridized carbons (Fsp3) is 0.409. The third-order valence-electron chi connectivity index (χ3n) is 5.24. The number of hydrogen-bond donors (Lipinski definition) is 2. The minimum absolute atomic E-state index is 0. The van der Waals surface area contributed by atoms with Gasteiger partial charge in [-0.25, -0.2) is 19.2 Å². The number of hydrogen-bond acceptors (Lipinski definition) is 8. The summed E-state index contributed by atoms with van der Waals surface area (Å²) < 4.78 is 30.3. The Morgan fingerprint density at radius 1 is 1.24 bits per heavy atom. The minimum Gasteiger partial charge on any atom is -0.463 e. The van der Waals surface area contributed by atoms with Crippen molar-refractivity contribution in [1.82, 2.24) is 14.9 Å². The van der Waals surface area contributed by atoms with E-state index in [0.29, 0.717) is 25.3 Å². The lowest BCUT2D eigenvalue weighted by Gasteiger charge is -2.30. The molecule has 12 heteroatoms. The lowest BCUT2D eigenvalue weighted by atomic mass is 9.98. The normalized spacial score (nSPS) is 13.5. The van der Waals surface area contributed by atoms with E-state index in [1.807, 2.05) is 0 Å². The van der Waals surface area contributed by atoms with Crippen molar-refractivity contribution < 1.29 is 28.2 Å². The third-order valence-corrected chi connectivity index (χ3v) is 5.24. The second-order valence-corrected chi connectivity index (χ2v) is 7.61. The Morgan fingerprint density at radius 3 is 2.53 bits per heavy atom. The molecule has 0 unspecified atom stereocenters. The van der Waals surface area contributed by atoms with Crippen LogP contribution in [0.3, 0.4) is 0 Å². The molecule has 1 amide bonds. The summed E-state index contributed by atoms with van der Waals surface area (Å²) in [6.45, 7) is 1.37. The van der Waals surface area contributed by atoms with Crippen LogP contribution in [0.25, 0.3) is 11.1 Å². The largest absolute Gasteiger partial charge is 0.463 e. The lowest BCUT2D eigenvalue weighted by molar-refractivity contribution is -0.143. The van der Waals surface area contributed by atoms with Crippen LogP contribution in [0.4, 0.5) is 9.18 Å². The van der Waals surface area contributed by atoms with E-state index in [2.05, 4.69) is 9.97 Å². The number of piperidine rings is 1. The molecule has 0 spiro atoms. The zero-order chi connectivity index (χ0) is 23.8. The number of nitrogens with one attached hydrogen (secondary N) is 1. The monoisotopic (exact) mass is 495 g/mol. The molecule has 1 fully saturated rings. The summed E-state index contributed by atoms with van der Waals surface area (Å²) in [7, 11) is 1.37. The Hall–Kier alpha value is -3.47. The number of halogens is 2. The first-order valence-electron chi connectivity index (χ1n) is 10.4. The van der Waals surface area contributed by atoms with Gasteiger partial charge in [0.1, 0.15) is 24.7 Å². The zero-order valence-electron chi connectivity index (χ0n) is 18.7. The van der Waals surface area contributed by atoms with Crippen molar-refractivity contribution in [2.45, 2.75) is 25.9 Å². The predicted octanol–water partition coefficient (Wildman–Crippen LogP) is 2.93. The maximum atomic E-state index is 14.9. The van der Waals surface area contributed by atoms with Gasteiger partial charge in [-0.05, 0) is 18.8 Å². The fourth-order valence-corrected chi connectivity index (χ4v) is 3.41. The van der Waals surface area contributed by atoms with Gasteiger partial charge in [-0.1, -0.05) is 18.2 Å². The Kier molecular flexibility index (Phi) is 9.99. The van der Waals surface area contributed by atoms with Crippen LogP contribution in [-0.4, -0.2) is 59.6 Å². The molecule has 3 rings (SSSR count). The summed E-state index contributed by atoms with van der Waals surface area (Å²) in [6.07, 6.45) is 3.85. The lowest BCUT2D eigenvalue weighted by Crippen LogP contribution is -2.39. The molecule has 0 radical (unpaired) electrons. The molecule has 2 aromatic rings. The van der Waals surface area contributed by atoms with Gasteiger partial charge in [0.25, 0.3) is 0 Å². The maximum Gasteiger partial charge on any atom is 0.409 e. The number of carbonyl (C=O) groups is 2. The quantitative estimate of drug-likeness (QED) is 0.323. The molecule has 1 aromatic carbocycles. The fourth-order valence-electron chi connectivity index (χ4n) is 3.41. The van der Waals surface area contributed by atoms with Crippen LogP contribution < -0.4 is 10.5 Å². The molecular formula is C22H27ClFN5O5. The van der Waals surface area contributed by atoms with Gasteiger partial charge in [-0.2, -0.15) is 0 Å². The highest BCUT2D eigenvalue weighted by Crippen LogP contribution is 2.25. The first kappa shape index (κ1) is 26.8. The first-order chi connectivity index (χ1) is 15.9. The van der Waals surface area contributed by atoms with E-state index in [4.69, 9.17) is 25.4 Å². The van der Waals surface area contributed by atoms with Gasteiger partial charge in [0.2, 0.25) is 0 Å². The molecule has 0 saturated carbocycles. The molecule has 1 aromatic heterocycles. The molecule has 184 valence electrons. The van der Waals surface area contributed by atoms with Crippen molar-refractivity contribution in [3.05, 3.63) is 42.0 Å². The summed E-state index contributed by atoms with van der Waals surface area (Å²) in [5.41, 5.74) is 6.05. The number of amides is 1. The van der Waals surface area contributed by atoms with Crippen molar-refractivity contribution in [3.63, 3.8) is 0 Å².